The van der Waals surface area contributed by atoms with E-state index in [0.717, 1.165) is 24.3 Å². The minimum atomic E-state index is -0.820. The molecule has 1 aromatic carbocycles. The molecule has 1 amide bonds. The van der Waals surface area contributed by atoms with Crippen LogP contribution in [0.4, 0.5) is 14.9 Å². The molecule has 102 valence electrons. The summed E-state index contributed by atoms with van der Waals surface area (Å²) in [7, 11) is 0. The Labute approximate surface area is 111 Å². The lowest BCUT2D eigenvalue weighted by Crippen LogP contribution is -2.32. The Bertz CT molecular complexity index is 506. The number of amides is 1. The van der Waals surface area contributed by atoms with Crippen LogP contribution < -0.4 is 4.90 Å². The molecule has 2 aliphatic rings. The van der Waals surface area contributed by atoms with Gasteiger partial charge in [-0.15, -0.1) is 0 Å². The number of nitrogens with zero attached hydrogens (tertiary/aromatic N) is 2. The highest BCUT2D eigenvalue weighted by Gasteiger charge is 2.41. The summed E-state index contributed by atoms with van der Waals surface area (Å²) in [6.07, 6.45) is -0.820. The van der Waals surface area contributed by atoms with Crippen LogP contribution in [0.25, 0.3) is 0 Å². The van der Waals surface area contributed by atoms with Crippen LogP contribution in [-0.4, -0.2) is 42.3 Å². The highest BCUT2D eigenvalue weighted by atomic mass is 19.1. The lowest BCUT2D eigenvalue weighted by molar-refractivity contribution is 0.153. The van der Waals surface area contributed by atoms with E-state index >= 15 is 0 Å². The summed E-state index contributed by atoms with van der Waals surface area (Å²) in [6.45, 7) is 4.88. The van der Waals surface area contributed by atoms with Crippen LogP contribution in [0.3, 0.4) is 0 Å². The Kier molecular flexibility index (Phi) is 2.84. The van der Waals surface area contributed by atoms with E-state index in [2.05, 4.69) is 4.90 Å². The first kappa shape index (κ1) is 12.3. The van der Waals surface area contributed by atoms with Crippen molar-refractivity contribution >= 4 is 11.8 Å². The third-order valence-corrected chi connectivity index (χ3v) is 4.26. The van der Waals surface area contributed by atoms with E-state index in [9.17, 15) is 9.18 Å². The number of hydrogen-bond donors (Lipinski definition) is 1. The largest absolute Gasteiger partial charge is 0.465 e. The molecule has 0 aromatic heterocycles. The zero-order chi connectivity index (χ0) is 13.6. The highest BCUT2D eigenvalue weighted by molar-refractivity contribution is 5.65. The maximum Gasteiger partial charge on any atom is 0.407 e. The average Bonchev–Trinajstić information content (AvgIpc) is 2.86. The minimum absolute atomic E-state index is 0.210. The number of carbonyl (C=O) groups is 1. The fourth-order valence-corrected chi connectivity index (χ4v) is 3.32. The summed E-state index contributed by atoms with van der Waals surface area (Å²) >= 11 is 0. The minimum Gasteiger partial charge on any atom is -0.465 e. The van der Waals surface area contributed by atoms with Crippen LogP contribution in [0, 0.1) is 24.6 Å². The fraction of sp³-hybridized carbons (Fsp3) is 0.500. The molecular weight excluding hydrogens is 247 g/mol. The lowest BCUT2D eigenvalue weighted by Gasteiger charge is -2.23. The smallest absolute Gasteiger partial charge is 0.407 e. The molecule has 0 aliphatic carbocycles. The van der Waals surface area contributed by atoms with Gasteiger partial charge in [0.05, 0.1) is 0 Å². The van der Waals surface area contributed by atoms with Crippen molar-refractivity contribution in [3.8, 4) is 0 Å². The van der Waals surface area contributed by atoms with Gasteiger partial charge in [0.2, 0.25) is 0 Å². The summed E-state index contributed by atoms with van der Waals surface area (Å²) < 4.78 is 13.1. The van der Waals surface area contributed by atoms with Gasteiger partial charge in [0.15, 0.2) is 0 Å². The van der Waals surface area contributed by atoms with Crippen molar-refractivity contribution in [1.29, 1.82) is 0 Å². The predicted molar refractivity (Wildman–Crippen MR) is 69.9 cm³/mol. The lowest BCUT2D eigenvalue weighted by atomic mass is 10.0. The number of anilines is 1. The van der Waals surface area contributed by atoms with Crippen molar-refractivity contribution in [2.75, 3.05) is 31.1 Å². The fourth-order valence-electron chi connectivity index (χ4n) is 3.32. The molecular formula is C14H17FN2O2. The van der Waals surface area contributed by atoms with E-state index in [0.29, 0.717) is 24.9 Å². The molecule has 0 spiro atoms. The number of fused-ring (bicyclic) bond motifs is 1. The average molecular weight is 264 g/mol. The summed E-state index contributed by atoms with van der Waals surface area (Å²) in [5.41, 5.74) is 2.01. The van der Waals surface area contributed by atoms with Crippen LogP contribution >= 0.6 is 0 Å². The van der Waals surface area contributed by atoms with Gasteiger partial charge in [-0.05, 0) is 30.7 Å². The van der Waals surface area contributed by atoms with Gasteiger partial charge in [0.25, 0.3) is 0 Å². The van der Waals surface area contributed by atoms with Gasteiger partial charge in [-0.2, -0.15) is 0 Å². The Hall–Kier alpha value is -1.78. The van der Waals surface area contributed by atoms with E-state index in [-0.39, 0.29) is 5.82 Å². The van der Waals surface area contributed by atoms with Crippen molar-refractivity contribution in [2.24, 2.45) is 11.8 Å². The van der Waals surface area contributed by atoms with Gasteiger partial charge in [-0.25, -0.2) is 9.18 Å². The second kappa shape index (κ2) is 4.40. The Balaban J connectivity index is 1.73. The van der Waals surface area contributed by atoms with Crippen LogP contribution in [0.5, 0.6) is 0 Å². The molecule has 4 nitrogen and oxygen atoms in total. The molecule has 5 heteroatoms. The molecule has 2 aliphatic heterocycles. The van der Waals surface area contributed by atoms with Crippen LogP contribution in [0.1, 0.15) is 5.56 Å². The second-order valence-corrected chi connectivity index (χ2v) is 5.54. The number of rotatable bonds is 1. The molecule has 2 saturated heterocycles. The quantitative estimate of drug-likeness (QED) is 0.845. The number of benzene rings is 1. The zero-order valence-electron chi connectivity index (χ0n) is 10.8. The van der Waals surface area contributed by atoms with Crippen molar-refractivity contribution < 1.29 is 14.3 Å². The third kappa shape index (κ3) is 2.13. The topological polar surface area (TPSA) is 43.8 Å². The molecule has 0 radical (unpaired) electrons. The molecule has 3 rings (SSSR count). The number of likely N-dealkylation sites (tertiary alicyclic amines) is 1. The maximum atomic E-state index is 13.1. The summed E-state index contributed by atoms with van der Waals surface area (Å²) in [4.78, 5) is 14.7. The van der Waals surface area contributed by atoms with Crippen molar-refractivity contribution in [3.63, 3.8) is 0 Å². The maximum absolute atomic E-state index is 13.1. The zero-order valence-corrected chi connectivity index (χ0v) is 10.8. The first-order valence-electron chi connectivity index (χ1n) is 6.53. The molecule has 0 bridgehead atoms. The number of aryl methyl sites for hydroxylation is 1. The third-order valence-electron chi connectivity index (χ3n) is 4.26. The van der Waals surface area contributed by atoms with Gasteiger partial charge in [0, 0.05) is 43.7 Å². The summed E-state index contributed by atoms with van der Waals surface area (Å²) in [5.74, 6) is 0.596. The molecule has 2 heterocycles. The van der Waals surface area contributed by atoms with E-state index in [1.807, 2.05) is 13.0 Å². The Morgan fingerprint density at radius 1 is 1.26 bits per heavy atom. The van der Waals surface area contributed by atoms with E-state index in [1.54, 1.807) is 6.07 Å². The molecule has 0 unspecified atom stereocenters. The van der Waals surface area contributed by atoms with E-state index in [4.69, 9.17) is 5.11 Å². The van der Waals surface area contributed by atoms with Gasteiger partial charge < -0.3 is 14.9 Å². The van der Waals surface area contributed by atoms with Gasteiger partial charge in [-0.3, -0.25) is 0 Å². The molecule has 19 heavy (non-hydrogen) atoms. The Morgan fingerprint density at radius 2 is 1.89 bits per heavy atom. The predicted octanol–water partition coefficient (Wildman–Crippen LogP) is 2.18. The number of halogens is 1. The van der Waals surface area contributed by atoms with Gasteiger partial charge >= 0.3 is 6.09 Å². The molecule has 2 fully saturated rings. The van der Waals surface area contributed by atoms with Crippen molar-refractivity contribution in [1.82, 2.24) is 4.90 Å². The van der Waals surface area contributed by atoms with Crippen molar-refractivity contribution in [3.05, 3.63) is 29.6 Å². The molecule has 1 aromatic rings. The first-order valence-corrected chi connectivity index (χ1v) is 6.53. The molecule has 0 saturated carbocycles. The van der Waals surface area contributed by atoms with Crippen LogP contribution in [0.2, 0.25) is 0 Å². The summed E-state index contributed by atoms with van der Waals surface area (Å²) in [6, 6.07) is 4.85. The summed E-state index contributed by atoms with van der Waals surface area (Å²) in [5, 5.41) is 9.00. The molecule has 2 atom stereocenters. The van der Waals surface area contributed by atoms with Gasteiger partial charge in [0.1, 0.15) is 5.82 Å². The Morgan fingerprint density at radius 3 is 2.42 bits per heavy atom. The highest BCUT2D eigenvalue weighted by Crippen LogP contribution is 2.35. The van der Waals surface area contributed by atoms with Crippen molar-refractivity contribution in [2.45, 2.75) is 6.92 Å². The SMILES string of the molecule is Cc1cc(F)ccc1N1C[C@H]2CN(C(=O)O)C[C@H]2C1. The van der Waals surface area contributed by atoms with E-state index in [1.165, 1.54) is 11.0 Å². The van der Waals surface area contributed by atoms with E-state index < -0.39 is 6.09 Å². The van der Waals surface area contributed by atoms with Gasteiger partial charge in [-0.1, -0.05) is 0 Å². The number of carboxylic acid groups (broad SMARTS) is 1. The van der Waals surface area contributed by atoms with Crippen LogP contribution in [-0.2, 0) is 0 Å². The first-order chi connectivity index (χ1) is 9.04. The number of hydrogen-bond acceptors (Lipinski definition) is 2. The normalized spacial score (nSPS) is 25.8. The standard InChI is InChI=1S/C14H17FN2O2/c1-9-4-12(15)2-3-13(9)16-5-10-7-17(14(18)19)8-11(10)6-16/h2-4,10-11H,5-8H2,1H3,(H,18,19)/t10-,11+. The second-order valence-electron chi connectivity index (χ2n) is 5.54. The monoisotopic (exact) mass is 264 g/mol. The van der Waals surface area contributed by atoms with Crippen LogP contribution in [0.15, 0.2) is 18.2 Å². The molecule has 1 N–H and O–H groups in total.